The van der Waals surface area contributed by atoms with E-state index in [1.54, 1.807) is 6.07 Å². The lowest BCUT2D eigenvalue weighted by Crippen LogP contribution is -1.61. The lowest BCUT2D eigenvalue weighted by molar-refractivity contribution is 0.450. The SMILES string of the molecule is O=P(Cl)(Cl)Cl.O=P(Cl)(Cl)Cl.Oc1cccc(O)c1. The zero-order valence-corrected chi connectivity index (χ0v) is 14.5. The Hall–Kier alpha value is 1.02. The second kappa shape index (κ2) is 9.85. The highest BCUT2D eigenvalue weighted by Gasteiger charge is 2.03. The first kappa shape index (κ1) is 21.3. The Labute approximate surface area is 132 Å². The fourth-order valence-electron chi connectivity index (χ4n) is 0.493. The monoisotopic (exact) mass is 414 g/mol. The molecule has 0 amide bonds. The number of hydrogen-bond donors (Lipinski definition) is 2. The lowest BCUT2D eigenvalue weighted by Gasteiger charge is -1.89. The molecule has 0 atom stereocenters. The van der Waals surface area contributed by atoms with Crippen molar-refractivity contribution in [2.45, 2.75) is 0 Å². The first-order valence-electron chi connectivity index (χ1n) is 3.65. The summed E-state index contributed by atoms with van der Waals surface area (Å²) in [6.45, 7) is 0. The summed E-state index contributed by atoms with van der Waals surface area (Å²) < 4.78 is 19.0. The molecule has 1 rings (SSSR count). The molecule has 2 N–H and O–H groups in total. The van der Waals surface area contributed by atoms with Crippen molar-refractivity contribution in [3.63, 3.8) is 0 Å². The fourth-order valence-corrected chi connectivity index (χ4v) is 0.493. The van der Waals surface area contributed by atoms with Gasteiger partial charge in [0, 0.05) is 6.07 Å². The van der Waals surface area contributed by atoms with Crippen LogP contribution in [-0.4, -0.2) is 10.2 Å². The highest BCUT2D eigenvalue weighted by molar-refractivity contribution is 8.25. The van der Waals surface area contributed by atoms with E-state index in [9.17, 15) is 9.13 Å². The van der Waals surface area contributed by atoms with Crippen LogP contribution in [0.4, 0.5) is 0 Å². The van der Waals surface area contributed by atoms with E-state index in [4.69, 9.17) is 10.2 Å². The van der Waals surface area contributed by atoms with Crippen molar-refractivity contribution in [3.05, 3.63) is 24.3 Å². The molecule has 0 saturated heterocycles. The number of aromatic hydroxyl groups is 2. The largest absolute Gasteiger partial charge is 0.508 e. The third-order valence-corrected chi connectivity index (χ3v) is 0.830. The van der Waals surface area contributed by atoms with Crippen molar-refractivity contribution in [1.82, 2.24) is 0 Å². The third-order valence-electron chi connectivity index (χ3n) is 0.830. The normalized spacial score (nSPS) is 10.6. The molecule has 4 nitrogen and oxygen atoms in total. The van der Waals surface area contributed by atoms with Crippen LogP contribution in [-0.2, 0) is 9.13 Å². The number of rotatable bonds is 0. The summed E-state index contributed by atoms with van der Waals surface area (Å²) in [5.74, 6) is 0.176. The van der Waals surface area contributed by atoms with Crippen LogP contribution in [0.2, 0.25) is 0 Å². The highest BCUT2D eigenvalue weighted by Crippen LogP contribution is 2.61. The molecule has 0 radical (unpaired) electrons. The van der Waals surface area contributed by atoms with E-state index in [2.05, 4.69) is 67.4 Å². The third kappa shape index (κ3) is 36.0. The van der Waals surface area contributed by atoms with Gasteiger partial charge in [-0.2, -0.15) is 0 Å². The van der Waals surface area contributed by atoms with E-state index in [1.807, 2.05) is 0 Å². The minimum Gasteiger partial charge on any atom is -0.508 e. The van der Waals surface area contributed by atoms with Gasteiger partial charge in [-0.05, 0) is 79.6 Å². The van der Waals surface area contributed by atoms with E-state index in [0.717, 1.165) is 0 Å². The molecule has 1 aromatic rings. The van der Waals surface area contributed by atoms with E-state index in [1.165, 1.54) is 18.2 Å². The maximum absolute atomic E-state index is 9.51. The number of benzene rings is 1. The molecule has 106 valence electrons. The predicted octanol–water partition coefficient (Wildman–Crippen LogP) is 6.72. The van der Waals surface area contributed by atoms with Crippen molar-refractivity contribution in [2.24, 2.45) is 0 Å². The Morgan fingerprint density at radius 2 is 1.00 bits per heavy atom. The van der Waals surface area contributed by atoms with Crippen LogP contribution < -0.4 is 0 Å². The molecule has 0 aliphatic rings. The minimum absolute atomic E-state index is 0.0880. The van der Waals surface area contributed by atoms with Crippen LogP contribution in [0.3, 0.4) is 0 Å². The second-order valence-corrected chi connectivity index (χ2v) is 15.6. The molecule has 0 bridgehead atoms. The molecule has 0 heterocycles. The zero-order chi connectivity index (χ0) is 15.0. The Kier molecular flexibility index (Phi) is 11.7. The molecular weight excluding hydrogens is 411 g/mol. The van der Waals surface area contributed by atoms with Crippen molar-refractivity contribution >= 4 is 77.8 Å². The van der Waals surface area contributed by atoms with E-state index in [0.29, 0.717) is 0 Å². The molecule has 0 unspecified atom stereocenters. The van der Waals surface area contributed by atoms with Crippen LogP contribution in [0, 0.1) is 0 Å². The second-order valence-electron chi connectivity index (χ2n) is 2.32. The summed E-state index contributed by atoms with van der Waals surface area (Å²) >= 11 is 27.7. The minimum atomic E-state index is -3.22. The van der Waals surface area contributed by atoms with Gasteiger partial charge < -0.3 is 10.2 Å². The number of phenolic OH excluding ortho intramolecular Hbond substituents is 2. The zero-order valence-electron chi connectivity index (χ0n) is 8.18. The molecule has 0 aliphatic carbocycles. The Morgan fingerprint density at radius 1 is 0.778 bits per heavy atom. The average Bonchev–Trinajstić information content (AvgIpc) is 1.95. The quantitative estimate of drug-likeness (QED) is 0.460. The van der Waals surface area contributed by atoms with Crippen molar-refractivity contribution < 1.29 is 19.3 Å². The summed E-state index contributed by atoms with van der Waals surface area (Å²) in [7, 11) is 0. The molecule has 0 aromatic heterocycles. The number of hydrogen-bond acceptors (Lipinski definition) is 4. The summed E-state index contributed by atoms with van der Waals surface area (Å²) in [5, 5.41) is 10.9. The van der Waals surface area contributed by atoms with Crippen LogP contribution in [0.25, 0.3) is 0 Å². The molecule has 18 heavy (non-hydrogen) atoms. The smallest absolute Gasteiger partial charge is 0.339 e. The van der Waals surface area contributed by atoms with Gasteiger partial charge >= 0.3 is 10.4 Å². The topological polar surface area (TPSA) is 74.6 Å². The molecule has 0 spiro atoms. The summed E-state index contributed by atoms with van der Waals surface area (Å²) in [5.41, 5.74) is 0. The Balaban J connectivity index is 0. The standard InChI is InChI=1S/C6H6O2.2Cl3OP/c7-5-2-1-3-6(8)4-5;2*1-5(2,3)4/h1-4,7-8H;;. The van der Waals surface area contributed by atoms with Gasteiger partial charge in [0.1, 0.15) is 11.5 Å². The maximum Gasteiger partial charge on any atom is 0.339 e. The van der Waals surface area contributed by atoms with Crippen molar-refractivity contribution in [2.75, 3.05) is 0 Å². The summed E-state index contributed by atoms with van der Waals surface area (Å²) in [6, 6.07) is 5.85. The van der Waals surface area contributed by atoms with E-state index in [-0.39, 0.29) is 11.5 Å². The molecule has 12 heteroatoms. The van der Waals surface area contributed by atoms with Gasteiger partial charge in [0.05, 0.1) is 0 Å². The van der Waals surface area contributed by atoms with Crippen molar-refractivity contribution in [3.8, 4) is 11.5 Å². The fraction of sp³-hybridized carbons (Fsp3) is 0. The van der Waals surface area contributed by atoms with Crippen LogP contribution >= 0.6 is 77.8 Å². The molecule has 1 aromatic carbocycles. The molecule has 0 fully saturated rings. The average molecular weight is 417 g/mol. The van der Waals surface area contributed by atoms with Gasteiger partial charge in [0.15, 0.2) is 0 Å². The van der Waals surface area contributed by atoms with Crippen molar-refractivity contribution in [1.29, 1.82) is 0 Å². The van der Waals surface area contributed by atoms with Gasteiger partial charge in [-0.1, -0.05) is 6.07 Å². The van der Waals surface area contributed by atoms with Crippen LogP contribution in [0.15, 0.2) is 24.3 Å². The first-order chi connectivity index (χ1) is 7.79. The summed E-state index contributed by atoms with van der Waals surface area (Å²) in [4.78, 5) is 0. The number of halogens is 6. The van der Waals surface area contributed by atoms with Crippen LogP contribution in [0.1, 0.15) is 0 Å². The predicted molar refractivity (Wildman–Crippen MR) is 80.1 cm³/mol. The lowest BCUT2D eigenvalue weighted by atomic mass is 10.3. The summed E-state index contributed by atoms with van der Waals surface area (Å²) in [6.07, 6.45) is 0. The van der Waals surface area contributed by atoms with Gasteiger partial charge in [-0.15, -0.1) is 0 Å². The van der Waals surface area contributed by atoms with Gasteiger partial charge in [0.2, 0.25) is 0 Å². The van der Waals surface area contributed by atoms with Gasteiger partial charge in [0.25, 0.3) is 0 Å². The Bertz CT molecular complexity index is 390. The van der Waals surface area contributed by atoms with Crippen LogP contribution in [0.5, 0.6) is 11.5 Å². The Morgan fingerprint density at radius 3 is 1.11 bits per heavy atom. The number of phenols is 2. The van der Waals surface area contributed by atoms with Gasteiger partial charge in [-0.25, -0.2) is 0 Å². The van der Waals surface area contributed by atoms with E-state index < -0.39 is 10.4 Å². The van der Waals surface area contributed by atoms with E-state index >= 15 is 0 Å². The van der Waals surface area contributed by atoms with Gasteiger partial charge in [-0.3, -0.25) is 9.13 Å². The molecule has 0 aliphatic heterocycles. The molecule has 0 saturated carbocycles. The maximum atomic E-state index is 9.51. The molecular formula is C6H6Cl6O4P2. The highest BCUT2D eigenvalue weighted by atomic mass is 36.1. The first-order valence-corrected chi connectivity index (χ1v) is 12.5.